The van der Waals surface area contributed by atoms with Crippen molar-refractivity contribution in [3.05, 3.63) is 0 Å². The molecule has 72 valence electrons. The standard InChI is InChI=1S/C10H21NO/c1-8-4-5-10(11-2)6-9(8)7-12-3/h8-11H,4-7H2,1-3H3. The predicted octanol–water partition coefficient (Wildman–Crippen LogP) is 1.66. The van der Waals surface area contributed by atoms with Crippen molar-refractivity contribution in [2.24, 2.45) is 11.8 Å². The Bertz CT molecular complexity index is 127. The number of rotatable bonds is 3. The Morgan fingerprint density at radius 2 is 2.17 bits per heavy atom. The lowest BCUT2D eigenvalue weighted by molar-refractivity contribution is 0.0898. The minimum Gasteiger partial charge on any atom is -0.384 e. The summed E-state index contributed by atoms with van der Waals surface area (Å²) in [6, 6.07) is 0.723. The van der Waals surface area contributed by atoms with Gasteiger partial charge in [0.15, 0.2) is 0 Å². The first kappa shape index (κ1) is 10.0. The Morgan fingerprint density at radius 1 is 1.42 bits per heavy atom. The molecule has 2 nitrogen and oxygen atoms in total. The molecule has 3 atom stereocenters. The van der Waals surface area contributed by atoms with Gasteiger partial charge < -0.3 is 10.1 Å². The molecule has 0 radical (unpaired) electrons. The van der Waals surface area contributed by atoms with Gasteiger partial charge in [-0.1, -0.05) is 6.92 Å². The van der Waals surface area contributed by atoms with Crippen LogP contribution in [0.5, 0.6) is 0 Å². The van der Waals surface area contributed by atoms with E-state index in [4.69, 9.17) is 4.74 Å². The molecule has 1 aliphatic rings. The van der Waals surface area contributed by atoms with Gasteiger partial charge in [-0.3, -0.25) is 0 Å². The topological polar surface area (TPSA) is 21.3 Å². The Labute approximate surface area is 75.7 Å². The summed E-state index contributed by atoms with van der Waals surface area (Å²) in [7, 11) is 3.86. The molecule has 0 amide bonds. The van der Waals surface area contributed by atoms with Gasteiger partial charge in [-0.25, -0.2) is 0 Å². The predicted molar refractivity (Wildman–Crippen MR) is 51.2 cm³/mol. The monoisotopic (exact) mass is 171 g/mol. The highest BCUT2D eigenvalue weighted by atomic mass is 16.5. The van der Waals surface area contributed by atoms with Gasteiger partial charge in [0.1, 0.15) is 0 Å². The first-order chi connectivity index (χ1) is 5.77. The third-order valence-electron chi connectivity index (χ3n) is 3.15. The Kier molecular flexibility index (Phi) is 4.02. The minimum absolute atomic E-state index is 0.723. The van der Waals surface area contributed by atoms with Crippen molar-refractivity contribution in [1.82, 2.24) is 5.32 Å². The first-order valence-electron chi connectivity index (χ1n) is 4.94. The van der Waals surface area contributed by atoms with Crippen LogP contribution in [0, 0.1) is 11.8 Å². The molecule has 0 heterocycles. The molecule has 3 unspecified atom stereocenters. The molecule has 1 fully saturated rings. The summed E-state index contributed by atoms with van der Waals surface area (Å²) < 4.78 is 5.22. The lowest BCUT2D eigenvalue weighted by Crippen LogP contribution is -2.36. The number of methoxy groups -OCH3 is 1. The van der Waals surface area contributed by atoms with Crippen molar-refractivity contribution in [3.8, 4) is 0 Å². The van der Waals surface area contributed by atoms with Crippen LogP contribution < -0.4 is 5.32 Å². The second-order valence-corrected chi connectivity index (χ2v) is 3.99. The summed E-state index contributed by atoms with van der Waals surface area (Å²) in [5, 5.41) is 3.36. The zero-order valence-electron chi connectivity index (χ0n) is 8.47. The normalized spacial score (nSPS) is 36.8. The molecule has 2 heteroatoms. The molecule has 0 bridgehead atoms. The van der Waals surface area contributed by atoms with Gasteiger partial charge in [-0.15, -0.1) is 0 Å². The first-order valence-corrected chi connectivity index (χ1v) is 4.94. The summed E-state index contributed by atoms with van der Waals surface area (Å²) in [6.45, 7) is 3.27. The zero-order chi connectivity index (χ0) is 8.97. The van der Waals surface area contributed by atoms with Crippen LogP contribution in [0.3, 0.4) is 0 Å². The van der Waals surface area contributed by atoms with Crippen LogP contribution in [0.4, 0.5) is 0 Å². The van der Waals surface area contributed by atoms with Gasteiger partial charge in [-0.2, -0.15) is 0 Å². The summed E-state index contributed by atoms with van der Waals surface area (Å²) in [5.74, 6) is 1.61. The van der Waals surface area contributed by atoms with Crippen molar-refractivity contribution in [2.75, 3.05) is 20.8 Å². The maximum atomic E-state index is 5.22. The number of nitrogens with one attached hydrogen (secondary N) is 1. The number of hydrogen-bond acceptors (Lipinski definition) is 2. The largest absolute Gasteiger partial charge is 0.384 e. The Morgan fingerprint density at radius 3 is 2.75 bits per heavy atom. The maximum absolute atomic E-state index is 5.22. The molecule has 0 aromatic heterocycles. The van der Waals surface area contributed by atoms with Gasteiger partial charge in [0.2, 0.25) is 0 Å². The SMILES string of the molecule is CNC1CCC(C)C(COC)C1. The molecule has 0 aromatic rings. The van der Waals surface area contributed by atoms with E-state index in [9.17, 15) is 0 Å². The highest BCUT2D eigenvalue weighted by molar-refractivity contribution is 4.80. The van der Waals surface area contributed by atoms with E-state index in [2.05, 4.69) is 19.3 Å². The molecule has 1 N–H and O–H groups in total. The van der Waals surface area contributed by atoms with Crippen LogP contribution in [0.15, 0.2) is 0 Å². The molecule has 0 aromatic carbocycles. The smallest absolute Gasteiger partial charge is 0.0493 e. The second kappa shape index (κ2) is 4.83. The van der Waals surface area contributed by atoms with Gasteiger partial charge in [0, 0.05) is 19.8 Å². The number of ether oxygens (including phenoxy) is 1. The van der Waals surface area contributed by atoms with Crippen molar-refractivity contribution in [2.45, 2.75) is 32.2 Å². The lowest BCUT2D eigenvalue weighted by atomic mass is 9.78. The van der Waals surface area contributed by atoms with E-state index in [0.717, 1.165) is 24.5 Å². The highest BCUT2D eigenvalue weighted by Gasteiger charge is 2.26. The maximum Gasteiger partial charge on any atom is 0.0493 e. The number of hydrogen-bond donors (Lipinski definition) is 1. The molecule has 0 saturated heterocycles. The van der Waals surface area contributed by atoms with Gasteiger partial charge in [0.25, 0.3) is 0 Å². The lowest BCUT2D eigenvalue weighted by Gasteiger charge is -2.33. The fraction of sp³-hybridized carbons (Fsp3) is 1.00. The zero-order valence-corrected chi connectivity index (χ0v) is 8.47. The van der Waals surface area contributed by atoms with E-state index in [1.54, 1.807) is 7.11 Å². The Balaban J connectivity index is 2.36. The minimum atomic E-state index is 0.723. The molecule has 12 heavy (non-hydrogen) atoms. The Hall–Kier alpha value is -0.0800. The van der Waals surface area contributed by atoms with Crippen LogP contribution in [-0.4, -0.2) is 26.8 Å². The van der Waals surface area contributed by atoms with Crippen molar-refractivity contribution in [3.63, 3.8) is 0 Å². The van der Waals surface area contributed by atoms with Gasteiger partial charge in [-0.05, 0) is 38.1 Å². The average molecular weight is 171 g/mol. The third kappa shape index (κ3) is 2.46. The van der Waals surface area contributed by atoms with Crippen molar-refractivity contribution < 1.29 is 4.74 Å². The molecule has 0 aliphatic heterocycles. The average Bonchev–Trinajstić information content (AvgIpc) is 2.09. The third-order valence-corrected chi connectivity index (χ3v) is 3.15. The summed E-state index contributed by atoms with van der Waals surface area (Å²) in [6.07, 6.45) is 3.96. The van der Waals surface area contributed by atoms with E-state index < -0.39 is 0 Å². The van der Waals surface area contributed by atoms with Gasteiger partial charge in [0.05, 0.1) is 0 Å². The summed E-state index contributed by atoms with van der Waals surface area (Å²) in [5.41, 5.74) is 0. The molecule has 1 saturated carbocycles. The fourth-order valence-corrected chi connectivity index (χ4v) is 2.12. The van der Waals surface area contributed by atoms with Crippen molar-refractivity contribution in [1.29, 1.82) is 0 Å². The fourth-order valence-electron chi connectivity index (χ4n) is 2.12. The van der Waals surface area contributed by atoms with Crippen molar-refractivity contribution >= 4 is 0 Å². The van der Waals surface area contributed by atoms with Crippen LogP contribution in [-0.2, 0) is 4.74 Å². The van der Waals surface area contributed by atoms with E-state index in [1.807, 2.05) is 0 Å². The van der Waals surface area contributed by atoms with E-state index in [-0.39, 0.29) is 0 Å². The van der Waals surface area contributed by atoms with E-state index in [1.165, 1.54) is 19.3 Å². The van der Waals surface area contributed by atoms with E-state index >= 15 is 0 Å². The molecular weight excluding hydrogens is 150 g/mol. The molecule has 1 aliphatic carbocycles. The van der Waals surface area contributed by atoms with Crippen LogP contribution in [0.2, 0.25) is 0 Å². The highest BCUT2D eigenvalue weighted by Crippen LogP contribution is 2.29. The summed E-state index contributed by atoms with van der Waals surface area (Å²) in [4.78, 5) is 0. The van der Waals surface area contributed by atoms with Crippen LogP contribution in [0.25, 0.3) is 0 Å². The summed E-state index contributed by atoms with van der Waals surface area (Å²) >= 11 is 0. The molecule has 1 rings (SSSR count). The van der Waals surface area contributed by atoms with Crippen LogP contribution >= 0.6 is 0 Å². The molecular formula is C10H21NO. The van der Waals surface area contributed by atoms with Crippen LogP contribution in [0.1, 0.15) is 26.2 Å². The van der Waals surface area contributed by atoms with E-state index in [0.29, 0.717) is 0 Å². The second-order valence-electron chi connectivity index (χ2n) is 3.99. The quantitative estimate of drug-likeness (QED) is 0.697. The molecule has 0 spiro atoms. The van der Waals surface area contributed by atoms with Gasteiger partial charge >= 0.3 is 0 Å².